The summed E-state index contributed by atoms with van der Waals surface area (Å²) in [7, 11) is 1.74. The fraction of sp³-hybridized carbons (Fsp3) is 0.423. The van der Waals surface area contributed by atoms with Gasteiger partial charge >= 0.3 is 0 Å². The maximum Gasteiger partial charge on any atom is 0.261 e. The number of nitrogens with zero attached hydrogens (tertiary/aromatic N) is 3. The molecule has 0 N–H and O–H groups in total. The van der Waals surface area contributed by atoms with Crippen molar-refractivity contribution in [3.8, 4) is 0 Å². The van der Waals surface area contributed by atoms with Gasteiger partial charge in [-0.1, -0.05) is 57.4 Å². The van der Waals surface area contributed by atoms with E-state index in [2.05, 4.69) is 13.8 Å². The second-order valence-electron chi connectivity index (χ2n) is 8.14. The highest BCUT2D eigenvalue weighted by molar-refractivity contribution is 5.94. The van der Waals surface area contributed by atoms with E-state index in [1.807, 2.05) is 54.3 Å². The molecule has 1 amide bonds. The fourth-order valence-electron chi connectivity index (χ4n) is 3.98. The molecule has 0 aliphatic carbocycles. The maximum atomic E-state index is 13.5. The Kier molecular flexibility index (Phi) is 7.61. The standard InChI is InChI=1S/C26H33N3O2/c1-5-7-8-11-18-29(25(30)21-16-14-20(6-2)15-17-21)19(3)24-27-23-13-10-9-12-22(23)26(31)28(24)4/h9-10,12-17,19H,5-8,11,18H2,1-4H3. The van der Waals surface area contributed by atoms with Gasteiger partial charge in [-0.05, 0) is 49.6 Å². The average Bonchev–Trinajstić information content (AvgIpc) is 2.80. The van der Waals surface area contributed by atoms with Gasteiger partial charge in [0.05, 0.1) is 16.9 Å². The third-order valence-corrected chi connectivity index (χ3v) is 5.98. The van der Waals surface area contributed by atoms with Gasteiger partial charge in [-0.25, -0.2) is 4.98 Å². The minimum Gasteiger partial charge on any atom is -0.329 e. The molecule has 1 atom stereocenters. The van der Waals surface area contributed by atoms with Crippen molar-refractivity contribution in [3.05, 3.63) is 75.8 Å². The molecule has 0 aliphatic rings. The zero-order valence-electron chi connectivity index (χ0n) is 19.1. The minimum absolute atomic E-state index is 0.0194. The first-order valence-electron chi connectivity index (χ1n) is 11.3. The third kappa shape index (κ3) is 5.04. The molecule has 0 fully saturated rings. The van der Waals surface area contributed by atoms with Gasteiger partial charge < -0.3 is 4.90 Å². The number of rotatable bonds is 9. The SMILES string of the molecule is CCCCCCN(C(=O)c1ccc(CC)cc1)C(C)c1nc2ccccc2c(=O)n1C. The Morgan fingerprint density at radius 3 is 2.42 bits per heavy atom. The number of benzene rings is 2. The van der Waals surface area contributed by atoms with Crippen molar-refractivity contribution >= 4 is 16.8 Å². The lowest BCUT2D eigenvalue weighted by Crippen LogP contribution is -2.38. The molecule has 1 unspecified atom stereocenters. The molecular formula is C26H33N3O2. The summed E-state index contributed by atoms with van der Waals surface area (Å²) in [6.45, 7) is 6.88. The van der Waals surface area contributed by atoms with Crippen LogP contribution in [0.2, 0.25) is 0 Å². The molecule has 2 aromatic carbocycles. The highest BCUT2D eigenvalue weighted by Crippen LogP contribution is 2.23. The van der Waals surface area contributed by atoms with Crippen LogP contribution in [0.5, 0.6) is 0 Å². The van der Waals surface area contributed by atoms with E-state index < -0.39 is 0 Å². The second-order valence-corrected chi connectivity index (χ2v) is 8.14. The molecule has 3 rings (SSSR count). The van der Waals surface area contributed by atoms with Crippen LogP contribution in [-0.2, 0) is 13.5 Å². The molecule has 0 aliphatic heterocycles. The Morgan fingerprint density at radius 1 is 1.03 bits per heavy atom. The Hall–Kier alpha value is -2.95. The van der Waals surface area contributed by atoms with Crippen molar-refractivity contribution in [3.63, 3.8) is 0 Å². The molecule has 3 aromatic rings. The van der Waals surface area contributed by atoms with Gasteiger partial charge in [0.15, 0.2) is 0 Å². The summed E-state index contributed by atoms with van der Waals surface area (Å²) >= 11 is 0. The number of carbonyl (C=O) groups is 1. The van der Waals surface area contributed by atoms with Crippen molar-refractivity contribution in [2.45, 2.75) is 58.9 Å². The average molecular weight is 420 g/mol. The van der Waals surface area contributed by atoms with Crippen LogP contribution in [0.4, 0.5) is 0 Å². The molecule has 31 heavy (non-hydrogen) atoms. The molecule has 5 nitrogen and oxygen atoms in total. The van der Waals surface area contributed by atoms with E-state index in [4.69, 9.17) is 4.98 Å². The lowest BCUT2D eigenvalue weighted by Gasteiger charge is -2.30. The van der Waals surface area contributed by atoms with Gasteiger partial charge in [0.2, 0.25) is 0 Å². The Bertz CT molecular complexity index is 1090. The quantitative estimate of drug-likeness (QED) is 0.443. The highest BCUT2D eigenvalue weighted by atomic mass is 16.2. The second kappa shape index (κ2) is 10.4. The van der Waals surface area contributed by atoms with Crippen molar-refractivity contribution in [1.29, 1.82) is 0 Å². The van der Waals surface area contributed by atoms with Crippen molar-refractivity contribution in [2.75, 3.05) is 6.54 Å². The molecule has 0 saturated carbocycles. The summed E-state index contributed by atoms with van der Waals surface area (Å²) in [5, 5.41) is 0.594. The number of aryl methyl sites for hydroxylation is 1. The van der Waals surface area contributed by atoms with Crippen LogP contribution in [-0.4, -0.2) is 26.9 Å². The van der Waals surface area contributed by atoms with E-state index in [1.165, 1.54) is 5.56 Å². The highest BCUT2D eigenvalue weighted by Gasteiger charge is 2.26. The molecule has 0 radical (unpaired) electrons. The van der Waals surface area contributed by atoms with Gasteiger partial charge in [0, 0.05) is 19.2 Å². The summed E-state index contributed by atoms with van der Waals surface area (Å²) in [6.07, 6.45) is 5.23. The summed E-state index contributed by atoms with van der Waals surface area (Å²) in [5.41, 5.74) is 2.46. The number of carbonyl (C=O) groups excluding carboxylic acids is 1. The number of unbranched alkanes of at least 4 members (excludes halogenated alkanes) is 3. The minimum atomic E-state index is -0.317. The lowest BCUT2D eigenvalue weighted by atomic mass is 10.1. The number of para-hydroxylation sites is 1. The number of aromatic nitrogens is 2. The zero-order chi connectivity index (χ0) is 22.4. The van der Waals surface area contributed by atoms with Gasteiger partial charge in [-0.15, -0.1) is 0 Å². The van der Waals surface area contributed by atoms with Crippen LogP contribution in [0, 0.1) is 0 Å². The van der Waals surface area contributed by atoms with E-state index in [0.717, 1.165) is 32.1 Å². The van der Waals surface area contributed by atoms with E-state index in [1.54, 1.807) is 17.7 Å². The predicted molar refractivity (Wildman–Crippen MR) is 126 cm³/mol. The molecular weight excluding hydrogens is 386 g/mol. The van der Waals surface area contributed by atoms with E-state index in [-0.39, 0.29) is 17.5 Å². The van der Waals surface area contributed by atoms with Crippen LogP contribution >= 0.6 is 0 Å². The number of hydrogen-bond donors (Lipinski definition) is 0. The smallest absolute Gasteiger partial charge is 0.261 e. The van der Waals surface area contributed by atoms with Crippen molar-refractivity contribution in [2.24, 2.45) is 7.05 Å². The zero-order valence-corrected chi connectivity index (χ0v) is 19.1. The Balaban J connectivity index is 1.97. The molecule has 1 aromatic heterocycles. The van der Waals surface area contributed by atoms with E-state index in [9.17, 15) is 9.59 Å². The molecule has 0 bridgehead atoms. The first-order valence-corrected chi connectivity index (χ1v) is 11.3. The monoisotopic (exact) mass is 419 g/mol. The van der Waals surface area contributed by atoms with Gasteiger partial charge in [0.25, 0.3) is 11.5 Å². The van der Waals surface area contributed by atoms with Gasteiger partial charge in [-0.2, -0.15) is 0 Å². The molecule has 5 heteroatoms. The lowest BCUT2D eigenvalue weighted by molar-refractivity contribution is 0.0676. The molecule has 1 heterocycles. The first kappa shape index (κ1) is 22.7. The summed E-state index contributed by atoms with van der Waals surface area (Å²) < 4.78 is 1.58. The fourth-order valence-corrected chi connectivity index (χ4v) is 3.98. The molecule has 164 valence electrons. The predicted octanol–water partition coefficient (Wildman–Crippen LogP) is 5.28. The normalized spacial score (nSPS) is 12.1. The van der Waals surface area contributed by atoms with Gasteiger partial charge in [0.1, 0.15) is 5.82 Å². The van der Waals surface area contributed by atoms with Crippen LogP contribution in [0.15, 0.2) is 53.3 Å². The molecule has 0 spiro atoms. The molecule has 0 saturated heterocycles. The maximum absolute atomic E-state index is 13.5. The van der Waals surface area contributed by atoms with E-state index >= 15 is 0 Å². The number of amides is 1. The largest absolute Gasteiger partial charge is 0.329 e. The third-order valence-electron chi connectivity index (χ3n) is 5.98. The number of fused-ring (bicyclic) bond motifs is 1. The summed E-state index contributed by atoms with van der Waals surface area (Å²) in [5.74, 6) is 0.590. The van der Waals surface area contributed by atoms with E-state index in [0.29, 0.717) is 28.8 Å². The van der Waals surface area contributed by atoms with Crippen LogP contribution in [0.1, 0.15) is 74.2 Å². The topological polar surface area (TPSA) is 55.2 Å². The van der Waals surface area contributed by atoms with Crippen molar-refractivity contribution in [1.82, 2.24) is 14.5 Å². The van der Waals surface area contributed by atoms with Crippen LogP contribution in [0.3, 0.4) is 0 Å². The van der Waals surface area contributed by atoms with Crippen LogP contribution < -0.4 is 5.56 Å². The van der Waals surface area contributed by atoms with Gasteiger partial charge in [-0.3, -0.25) is 14.2 Å². The summed E-state index contributed by atoms with van der Waals surface area (Å²) in [6, 6.07) is 14.9. The summed E-state index contributed by atoms with van der Waals surface area (Å²) in [4.78, 5) is 33.0. The first-order chi connectivity index (χ1) is 15.0. The van der Waals surface area contributed by atoms with Crippen LogP contribution in [0.25, 0.3) is 10.9 Å². The Labute approximate surface area is 184 Å². The number of hydrogen-bond acceptors (Lipinski definition) is 3. The Morgan fingerprint density at radius 2 is 1.74 bits per heavy atom. The van der Waals surface area contributed by atoms with Crippen molar-refractivity contribution < 1.29 is 4.79 Å².